The number of ether oxygens (including phenoxy) is 2. The zero-order valence-electron chi connectivity index (χ0n) is 10.7. The summed E-state index contributed by atoms with van der Waals surface area (Å²) in [5.41, 5.74) is 2.11. The van der Waals surface area contributed by atoms with E-state index < -0.39 is 0 Å². The highest BCUT2D eigenvalue weighted by atomic mass is 79.9. The minimum absolute atomic E-state index is 0.545. The number of hydrogen-bond acceptors (Lipinski definition) is 3. The average Bonchev–Trinajstić information content (AvgIpc) is 2.47. The molecular weight excluding hydrogens is 342 g/mol. The van der Waals surface area contributed by atoms with Gasteiger partial charge in [-0.15, -0.1) is 0 Å². The van der Waals surface area contributed by atoms with E-state index in [-0.39, 0.29) is 0 Å². The molecule has 0 unspecified atom stereocenters. The van der Waals surface area contributed by atoms with Crippen LogP contribution in [-0.4, -0.2) is 13.2 Å². The fraction of sp³-hybridized carbons (Fsp3) is 0.200. The highest BCUT2D eigenvalue weighted by Gasteiger charge is 2.16. The minimum Gasteiger partial charge on any atom is -0.486 e. The number of benzene rings is 2. The van der Waals surface area contributed by atoms with Crippen molar-refractivity contribution < 1.29 is 9.47 Å². The Kier molecular flexibility index (Phi) is 4.03. The van der Waals surface area contributed by atoms with Gasteiger partial charge in [0.1, 0.15) is 13.2 Å². The van der Waals surface area contributed by atoms with Crippen molar-refractivity contribution in [2.75, 3.05) is 18.5 Å². The topological polar surface area (TPSA) is 30.5 Å². The lowest BCUT2D eigenvalue weighted by atomic mass is 10.2. The predicted molar refractivity (Wildman–Crippen MR) is 83.9 cm³/mol. The van der Waals surface area contributed by atoms with Crippen molar-refractivity contribution in [2.24, 2.45) is 0 Å². The van der Waals surface area contributed by atoms with Gasteiger partial charge in [0.05, 0.1) is 5.02 Å². The third kappa shape index (κ3) is 3.02. The van der Waals surface area contributed by atoms with E-state index in [1.807, 2.05) is 36.4 Å². The summed E-state index contributed by atoms with van der Waals surface area (Å²) in [6, 6.07) is 11.9. The van der Waals surface area contributed by atoms with Gasteiger partial charge in [-0.05, 0) is 42.0 Å². The van der Waals surface area contributed by atoms with Crippen LogP contribution in [0.15, 0.2) is 40.9 Å². The normalized spacial score (nSPS) is 13.1. The molecule has 0 bridgehead atoms. The molecule has 3 nitrogen and oxygen atoms in total. The van der Waals surface area contributed by atoms with Crippen LogP contribution < -0.4 is 14.8 Å². The van der Waals surface area contributed by atoms with Crippen LogP contribution in [0.3, 0.4) is 0 Å². The molecule has 1 heterocycles. The van der Waals surface area contributed by atoms with Gasteiger partial charge in [-0.2, -0.15) is 0 Å². The van der Waals surface area contributed by atoms with Gasteiger partial charge < -0.3 is 14.8 Å². The zero-order valence-corrected chi connectivity index (χ0v) is 13.0. The van der Waals surface area contributed by atoms with Crippen molar-refractivity contribution in [2.45, 2.75) is 6.54 Å². The van der Waals surface area contributed by atoms with Gasteiger partial charge in [0.15, 0.2) is 11.5 Å². The van der Waals surface area contributed by atoms with Crippen molar-refractivity contribution in [3.8, 4) is 11.5 Å². The van der Waals surface area contributed by atoms with Gasteiger partial charge in [0.25, 0.3) is 0 Å². The molecule has 2 aromatic rings. The van der Waals surface area contributed by atoms with Gasteiger partial charge in [0, 0.05) is 16.7 Å². The van der Waals surface area contributed by atoms with Crippen LogP contribution in [0, 0.1) is 0 Å². The molecule has 0 aromatic heterocycles. The summed E-state index contributed by atoms with van der Waals surface area (Å²) in [4.78, 5) is 0. The van der Waals surface area contributed by atoms with E-state index >= 15 is 0 Å². The van der Waals surface area contributed by atoms with Crippen LogP contribution in [-0.2, 0) is 6.54 Å². The van der Waals surface area contributed by atoms with E-state index in [1.165, 1.54) is 0 Å². The van der Waals surface area contributed by atoms with E-state index in [0.29, 0.717) is 30.5 Å². The summed E-state index contributed by atoms with van der Waals surface area (Å²) < 4.78 is 12.1. The first-order valence-corrected chi connectivity index (χ1v) is 7.47. The van der Waals surface area contributed by atoms with Gasteiger partial charge >= 0.3 is 0 Å². The van der Waals surface area contributed by atoms with Crippen molar-refractivity contribution in [3.05, 3.63) is 51.5 Å². The molecule has 1 aliphatic heterocycles. The highest BCUT2D eigenvalue weighted by Crippen LogP contribution is 2.38. The maximum absolute atomic E-state index is 6.21. The lowest BCUT2D eigenvalue weighted by Crippen LogP contribution is -2.16. The monoisotopic (exact) mass is 353 g/mol. The largest absolute Gasteiger partial charge is 0.486 e. The molecule has 0 aliphatic carbocycles. The summed E-state index contributed by atoms with van der Waals surface area (Å²) in [5.74, 6) is 1.36. The first-order chi connectivity index (χ1) is 9.72. The van der Waals surface area contributed by atoms with Crippen LogP contribution in [0.4, 0.5) is 5.69 Å². The summed E-state index contributed by atoms with van der Waals surface area (Å²) in [6.07, 6.45) is 0. The Morgan fingerprint density at radius 1 is 1.10 bits per heavy atom. The first kappa shape index (κ1) is 13.6. The van der Waals surface area contributed by atoms with E-state index in [9.17, 15) is 0 Å². The molecule has 0 atom stereocenters. The Bertz CT molecular complexity index is 616. The number of hydrogen-bond donors (Lipinski definition) is 1. The molecule has 104 valence electrons. The van der Waals surface area contributed by atoms with Crippen molar-refractivity contribution >= 4 is 33.2 Å². The lowest BCUT2D eigenvalue weighted by Gasteiger charge is -2.20. The Hall–Kier alpha value is -1.39. The van der Waals surface area contributed by atoms with Crippen LogP contribution in [0.1, 0.15) is 5.56 Å². The predicted octanol–water partition coefficient (Wildman–Crippen LogP) is 4.49. The quantitative estimate of drug-likeness (QED) is 0.881. The maximum Gasteiger partial charge on any atom is 0.179 e. The molecule has 1 aliphatic rings. The second kappa shape index (κ2) is 5.94. The van der Waals surface area contributed by atoms with Crippen LogP contribution in [0.5, 0.6) is 11.5 Å². The molecule has 5 heteroatoms. The molecule has 2 aromatic carbocycles. The molecule has 0 fully saturated rings. The first-order valence-electron chi connectivity index (χ1n) is 6.30. The van der Waals surface area contributed by atoms with Crippen LogP contribution >= 0.6 is 27.5 Å². The molecule has 0 amide bonds. The summed E-state index contributed by atoms with van der Waals surface area (Å²) in [7, 11) is 0. The van der Waals surface area contributed by atoms with Gasteiger partial charge in [-0.1, -0.05) is 27.5 Å². The van der Waals surface area contributed by atoms with Crippen molar-refractivity contribution in [3.63, 3.8) is 0 Å². The second-order valence-corrected chi connectivity index (χ2v) is 5.79. The molecule has 0 spiro atoms. The summed E-state index contributed by atoms with van der Waals surface area (Å²) in [6.45, 7) is 1.79. The van der Waals surface area contributed by atoms with Gasteiger partial charge in [-0.3, -0.25) is 0 Å². The van der Waals surface area contributed by atoms with E-state index in [0.717, 1.165) is 21.5 Å². The highest BCUT2D eigenvalue weighted by molar-refractivity contribution is 9.10. The number of fused-ring (bicyclic) bond motifs is 1. The number of anilines is 1. The average molecular weight is 355 g/mol. The summed E-state index contributed by atoms with van der Waals surface area (Å²) in [5, 5.41) is 3.94. The third-order valence-corrected chi connectivity index (χ3v) is 3.81. The second-order valence-electron chi connectivity index (χ2n) is 4.46. The fourth-order valence-electron chi connectivity index (χ4n) is 2.04. The SMILES string of the molecule is Clc1cc(CNc2ccc(Br)cc2)cc2c1OCCO2. The lowest BCUT2D eigenvalue weighted by molar-refractivity contribution is 0.171. The maximum atomic E-state index is 6.21. The number of halogens is 2. The molecule has 1 N–H and O–H groups in total. The third-order valence-electron chi connectivity index (χ3n) is 3.00. The number of rotatable bonds is 3. The molecule has 0 saturated carbocycles. The van der Waals surface area contributed by atoms with Crippen LogP contribution in [0.2, 0.25) is 5.02 Å². The van der Waals surface area contributed by atoms with E-state index in [4.69, 9.17) is 21.1 Å². The molecule has 3 rings (SSSR count). The smallest absolute Gasteiger partial charge is 0.179 e. The van der Waals surface area contributed by atoms with E-state index in [1.54, 1.807) is 0 Å². The Morgan fingerprint density at radius 2 is 1.85 bits per heavy atom. The zero-order chi connectivity index (χ0) is 13.9. The standard InChI is InChI=1S/C15H13BrClNO2/c16-11-1-3-12(4-2-11)18-9-10-7-13(17)15-14(8-10)19-5-6-20-15/h1-4,7-8,18H,5-6,9H2. The van der Waals surface area contributed by atoms with Gasteiger partial charge in [-0.25, -0.2) is 0 Å². The van der Waals surface area contributed by atoms with Crippen molar-refractivity contribution in [1.82, 2.24) is 0 Å². The Balaban J connectivity index is 1.74. The van der Waals surface area contributed by atoms with Crippen molar-refractivity contribution in [1.29, 1.82) is 0 Å². The van der Waals surface area contributed by atoms with E-state index in [2.05, 4.69) is 21.2 Å². The molecular formula is C15H13BrClNO2. The Labute approximate surface area is 131 Å². The Morgan fingerprint density at radius 3 is 2.65 bits per heavy atom. The van der Waals surface area contributed by atoms with Gasteiger partial charge in [0.2, 0.25) is 0 Å². The molecule has 20 heavy (non-hydrogen) atoms. The van der Waals surface area contributed by atoms with Crippen LogP contribution in [0.25, 0.3) is 0 Å². The fourth-order valence-corrected chi connectivity index (χ4v) is 2.59. The summed E-state index contributed by atoms with van der Waals surface area (Å²) >= 11 is 9.63. The number of nitrogens with one attached hydrogen (secondary N) is 1. The molecule has 0 saturated heterocycles. The molecule has 0 radical (unpaired) electrons. The minimum atomic E-state index is 0.545.